The molecule has 0 saturated heterocycles. The van der Waals surface area contributed by atoms with Gasteiger partial charge in [0, 0.05) is 35.8 Å². The van der Waals surface area contributed by atoms with Crippen molar-refractivity contribution in [1.82, 2.24) is 20.2 Å². The summed E-state index contributed by atoms with van der Waals surface area (Å²) < 4.78 is 1.85. The lowest BCUT2D eigenvalue weighted by Crippen LogP contribution is -2.29. The number of nitrogens with one attached hydrogen (secondary N) is 1. The van der Waals surface area contributed by atoms with Crippen molar-refractivity contribution in [2.75, 3.05) is 0 Å². The largest absolute Gasteiger partial charge is 0.273 e. The normalized spacial score (nSPS) is 12.9. The van der Waals surface area contributed by atoms with Gasteiger partial charge in [-0.1, -0.05) is 0 Å². The van der Waals surface area contributed by atoms with Gasteiger partial charge in [0.1, 0.15) is 0 Å². The van der Waals surface area contributed by atoms with Crippen molar-refractivity contribution in [1.29, 1.82) is 0 Å². The maximum Gasteiger partial charge on any atom is 0.0947 e. The molecule has 0 aromatic carbocycles. The lowest BCUT2D eigenvalue weighted by Gasteiger charge is -2.14. The molecule has 0 radical (unpaired) electrons. The Hall–Kier alpha value is -1.24. The third kappa shape index (κ3) is 2.54. The first-order valence-corrected chi connectivity index (χ1v) is 6.35. The fourth-order valence-electron chi connectivity index (χ4n) is 1.79. The number of hydrogen-bond donors (Lipinski definition) is 2. The zero-order valence-corrected chi connectivity index (χ0v) is 11.1. The van der Waals surface area contributed by atoms with Gasteiger partial charge in [0.2, 0.25) is 0 Å². The zero-order valence-electron chi connectivity index (χ0n) is 10.3. The summed E-state index contributed by atoms with van der Waals surface area (Å²) in [6, 6.07) is 0.0641. The Morgan fingerprint density at radius 2 is 2.29 bits per heavy atom. The van der Waals surface area contributed by atoms with Gasteiger partial charge >= 0.3 is 0 Å². The SMILES string of the molecule is Cc1csc(CC(NN)c2cnn(C)c2C)n1. The van der Waals surface area contributed by atoms with E-state index >= 15 is 0 Å². The van der Waals surface area contributed by atoms with Gasteiger partial charge in [-0.3, -0.25) is 16.0 Å². The molecule has 5 nitrogen and oxygen atoms in total. The maximum absolute atomic E-state index is 5.63. The van der Waals surface area contributed by atoms with Crippen LogP contribution in [-0.4, -0.2) is 14.8 Å². The first kappa shape index (κ1) is 12.2. The summed E-state index contributed by atoms with van der Waals surface area (Å²) in [5, 5.41) is 7.38. The monoisotopic (exact) mass is 251 g/mol. The van der Waals surface area contributed by atoms with E-state index in [2.05, 4.69) is 20.9 Å². The highest BCUT2D eigenvalue weighted by Crippen LogP contribution is 2.22. The van der Waals surface area contributed by atoms with Crippen molar-refractivity contribution >= 4 is 11.3 Å². The van der Waals surface area contributed by atoms with Crippen molar-refractivity contribution in [3.63, 3.8) is 0 Å². The maximum atomic E-state index is 5.63. The molecule has 3 N–H and O–H groups in total. The molecular weight excluding hydrogens is 234 g/mol. The molecule has 0 bridgehead atoms. The Labute approximate surface area is 105 Å². The summed E-state index contributed by atoms with van der Waals surface area (Å²) in [5.74, 6) is 5.63. The summed E-state index contributed by atoms with van der Waals surface area (Å²) in [4.78, 5) is 4.46. The smallest absolute Gasteiger partial charge is 0.0947 e. The van der Waals surface area contributed by atoms with Crippen LogP contribution in [0.2, 0.25) is 0 Å². The Kier molecular flexibility index (Phi) is 3.56. The first-order chi connectivity index (χ1) is 8.11. The summed E-state index contributed by atoms with van der Waals surface area (Å²) in [6.45, 7) is 4.04. The fraction of sp³-hybridized carbons (Fsp3) is 0.455. The molecule has 0 aliphatic rings. The third-order valence-electron chi connectivity index (χ3n) is 2.90. The van der Waals surface area contributed by atoms with Gasteiger partial charge in [0.05, 0.1) is 17.2 Å². The minimum Gasteiger partial charge on any atom is -0.273 e. The topological polar surface area (TPSA) is 68.8 Å². The molecule has 0 fully saturated rings. The van der Waals surface area contributed by atoms with E-state index in [0.717, 1.165) is 28.4 Å². The molecule has 92 valence electrons. The molecule has 6 heteroatoms. The van der Waals surface area contributed by atoms with Crippen molar-refractivity contribution < 1.29 is 0 Å². The summed E-state index contributed by atoms with van der Waals surface area (Å²) >= 11 is 1.67. The predicted octanol–water partition coefficient (Wildman–Crippen LogP) is 1.24. The highest BCUT2D eigenvalue weighted by Gasteiger charge is 2.17. The Morgan fingerprint density at radius 1 is 1.53 bits per heavy atom. The van der Waals surface area contributed by atoms with Crippen molar-refractivity contribution in [2.45, 2.75) is 26.3 Å². The summed E-state index contributed by atoms with van der Waals surface area (Å²) in [5.41, 5.74) is 6.16. The molecule has 1 atom stereocenters. The van der Waals surface area contributed by atoms with E-state index in [1.807, 2.05) is 31.8 Å². The van der Waals surface area contributed by atoms with E-state index in [-0.39, 0.29) is 6.04 Å². The minimum absolute atomic E-state index is 0.0641. The molecule has 0 spiro atoms. The molecule has 0 aliphatic heterocycles. The van der Waals surface area contributed by atoms with E-state index < -0.39 is 0 Å². The Bertz CT molecular complexity index is 502. The van der Waals surface area contributed by atoms with Crippen LogP contribution in [-0.2, 0) is 13.5 Å². The van der Waals surface area contributed by atoms with Crippen LogP contribution in [0, 0.1) is 13.8 Å². The van der Waals surface area contributed by atoms with Gasteiger partial charge in [-0.25, -0.2) is 4.98 Å². The zero-order chi connectivity index (χ0) is 12.4. The molecular formula is C11H17N5S. The van der Waals surface area contributed by atoms with Gasteiger partial charge in [0.15, 0.2) is 0 Å². The molecule has 1 unspecified atom stereocenters. The van der Waals surface area contributed by atoms with Crippen molar-refractivity contribution in [2.24, 2.45) is 12.9 Å². The van der Waals surface area contributed by atoms with Gasteiger partial charge in [-0.2, -0.15) is 5.10 Å². The highest BCUT2D eigenvalue weighted by atomic mass is 32.1. The van der Waals surface area contributed by atoms with Crippen molar-refractivity contribution in [3.8, 4) is 0 Å². The van der Waals surface area contributed by atoms with Gasteiger partial charge in [-0.15, -0.1) is 11.3 Å². The quantitative estimate of drug-likeness (QED) is 0.633. The summed E-state index contributed by atoms with van der Waals surface area (Å²) in [6.07, 6.45) is 2.65. The van der Waals surface area contributed by atoms with Crippen LogP contribution in [0.3, 0.4) is 0 Å². The lowest BCUT2D eigenvalue weighted by atomic mass is 10.1. The van der Waals surface area contributed by atoms with E-state index in [0.29, 0.717) is 0 Å². The number of hydrazine groups is 1. The van der Waals surface area contributed by atoms with Crippen LogP contribution in [0.4, 0.5) is 0 Å². The second-order valence-corrected chi connectivity index (χ2v) is 5.06. The van der Waals surface area contributed by atoms with Crippen LogP contribution in [0.1, 0.15) is 28.0 Å². The molecule has 2 heterocycles. The van der Waals surface area contributed by atoms with Crippen LogP contribution >= 0.6 is 11.3 Å². The Morgan fingerprint density at radius 3 is 2.76 bits per heavy atom. The molecule has 0 aliphatic carbocycles. The van der Waals surface area contributed by atoms with E-state index in [9.17, 15) is 0 Å². The number of nitrogens with two attached hydrogens (primary N) is 1. The second kappa shape index (κ2) is 4.95. The van der Waals surface area contributed by atoms with Crippen LogP contribution < -0.4 is 11.3 Å². The summed E-state index contributed by atoms with van der Waals surface area (Å²) in [7, 11) is 1.93. The molecule has 2 aromatic rings. The standard InChI is InChI=1S/C11H17N5S/c1-7-6-17-11(14-7)4-10(15-12)9-5-13-16(3)8(9)2/h5-6,10,15H,4,12H2,1-3H3. The van der Waals surface area contributed by atoms with Crippen LogP contribution in [0.5, 0.6) is 0 Å². The molecule has 0 amide bonds. The fourth-order valence-corrected chi connectivity index (χ4v) is 2.61. The lowest BCUT2D eigenvalue weighted by molar-refractivity contribution is 0.546. The average Bonchev–Trinajstić information content (AvgIpc) is 2.85. The second-order valence-electron chi connectivity index (χ2n) is 4.11. The predicted molar refractivity (Wildman–Crippen MR) is 68.6 cm³/mol. The third-order valence-corrected chi connectivity index (χ3v) is 3.88. The van der Waals surface area contributed by atoms with Crippen LogP contribution in [0.25, 0.3) is 0 Å². The number of aryl methyl sites for hydroxylation is 2. The van der Waals surface area contributed by atoms with E-state index in [1.165, 1.54) is 0 Å². The van der Waals surface area contributed by atoms with Gasteiger partial charge in [0.25, 0.3) is 0 Å². The number of nitrogens with zero attached hydrogens (tertiary/aromatic N) is 3. The van der Waals surface area contributed by atoms with E-state index in [1.54, 1.807) is 11.3 Å². The molecule has 17 heavy (non-hydrogen) atoms. The molecule has 2 rings (SSSR count). The molecule has 2 aromatic heterocycles. The number of aromatic nitrogens is 3. The number of rotatable bonds is 4. The highest BCUT2D eigenvalue weighted by molar-refractivity contribution is 7.09. The number of hydrogen-bond acceptors (Lipinski definition) is 5. The first-order valence-electron chi connectivity index (χ1n) is 5.47. The average molecular weight is 251 g/mol. The Balaban J connectivity index is 2.19. The minimum atomic E-state index is 0.0641. The number of thiazole rings is 1. The van der Waals surface area contributed by atoms with E-state index in [4.69, 9.17) is 5.84 Å². The van der Waals surface area contributed by atoms with Gasteiger partial charge < -0.3 is 0 Å². The van der Waals surface area contributed by atoms with Crippen LogP contribution in [0.15, 0.2) is 11.6 Å². The molecule has 0 saturated carbocycles. The van der Waals surface area contributed by atoms with Gasteiger partial charge in [-0.05, 0) is 13.8 Å². The van der Waals surface area contributed by atoms with Crippen molar-refractivity contribution in [3.05, 3.63) is 33.5 Å².